The van der Waals surface area contributed by atoms with Gasteiger partial charge in [0.1, 0.15) is 11.7 Å². The van der Waals surface area contributed by atoms with E-state index in [9.17, 15) is 19.8 Å². The Labute approximate surface area is 154 Å². The number of hydrogen-bond donors (Lipinski definition) is 3. The molecule has 8 heteroatoms. The highest BCUT2D eigenvalue weighted by Crippen LogP contribution is 2.34. The summed E-state index contributed by atoms with van der Waals surface area (Å²) in [6.07, 6.45) is 0.0478. The lowest BCUT2D eigenvalue weighted by Gasteiger charge is -2.24. The van der Waals surface area contributed by atoms with Gasteiger partial charge in [0.05, 0.1) is 29.1 Å². The Balaban J connectivity index is 2.16. The Bertz CT molecular complexity index is 1070. The van der Waals surface area contributed by atoms with Crippen LogP contribution in [0.25, 0.3) is 16.3 Å². The highest BCUT2D eigenvalue weighted by molar-refractivity contribution is 6.14. The number of aromatic nitrogens is 2. The van der Waals surface area contributed by atoms with Gasteiger partial charge in [0.25, 0.3) is 0 Å². The minimum Gasteiger partial charge on any atom is -0.478 e. The second kappa shape index (κ2) is 6.64. The zero-order valence-electron chi connectivity index (χ0n) is 14.7. The van der Waals surface area contributed by atoms with Crippen LogP contribution in [-0.2, 0) is 11.2 Å². The number of carboxylic acids is 2. The summed E-state index contributed by atoms with van der Waals surface area (Å²) in [7, 11) is 0. The first kappa shape index (κ1) is 17.4. The molecule has 3 N–H and O–H groups in total. The highest BCUT2D eigenvalue weighted by Gasteiger charge is 2.31. The van der Waals surface area contributed by atoms with Gasteiger partial charge in [-0.25, -0.2) is 14.1 Å². The number of carboxylic acid groups (broad SMARTS) is 2. The lowest BCUT2D eigenvalue weighted by Crippen LogP contribution is -2.34. The van der Waals surface area contributed by atoms with Gasteiger partial charge in [0.15, 0.2) is 0 Å². The van der Waals surface area contributed by atoms with Gasteiger partial charge in [-0.1, -0.05) is 31.2 Å². The maximum Gasteiger partial charge on any atom is 0.338 e. The first-order valence-corrected chi connectivity index (χ1v) is 8.79. The predicted molar refractivity (Wildman–Crippen MR) is 97.6 cm³/mol. The number of nitrogens with zero attached hydrogens (tertiary/aromatic N) is 2. The molecule has 1 unspecified atom stereocenters. The van der Waals surface area contributed by atoms with Crippen molar-refractivity contribution in [2.45, 2.75) is 19.4 Å². The van der Waals surface area contributed by atoms with Crippen molar-refractivity contribution < 1.29 is 24.5 Å². The quantitative estimate of drug-likeness (QED) is 0.645. The molecule has 1 aromatic carbocycles. The summed E-state index contributed by atoms with van der Waals surface area (Å²) < 4.78 is 7.33. The minimum absolute atomic E-state index is 0.206. The van der Waals surface area contributed by atoms with E-state index in [1.165, 1.54) is 4.52 Å². The number of morpholine rings is 1. The molecule has 3 heterocycles. The van der Waals surface area contributed by atoms with Crippen LogP contribution < -0.4 is 5.32 Å². The molecule has 0 radical (unpaired) electrons. The number of carbonyl (C=O) groups is 2. The van der Waals surface area contributed by atoms with E-state index in [2.05, 4.69) is 10.4 Å². The zero-order chi connectivity index (χ0) is 19.1. The summed E-state index contributed by atoms with van der Waals surface area (Å²) in [5.74, 6) is -2.55. The fourth-order valence-electron chi connectivity index (χ4n) is 3.79. The van der Waals surface area contributed by atoms with Crippen LogP contribution in [0, 0.1) is 0 Å². The number of benzene rings is 1. The van der Waals surface area contributed by atoms with Crippen LogP contribution in [0.15, 0.2) is 24.3 Å². The predicted octanol–water partition coefficient (Wildman–Crippen LogP) is 2.11. The fraction of sp³-hybridized carbons (Fsp3) is 0.316. The molecule has 0 saturated carbocycles. The number of hydrogen-bond acceptors (Lipinski definition) is 5. The number of aromatic carboxylic acids is 2. The fourth-order valence-corrected chi connectivity index (χ4v) is 3.79. The Morgan fingerprint density at radius 2 is 1.93 bits per heavy atom. The van der Waals surface area contributed by atoms with E-state index in [1.54, 1.807) is 19.1 Å². The van der Waals surface area contributed by atoms with E-state index in [1.807, 2.05) is 12.1 Å². The van der Waals surface area contributed by atoms with Crippen LogP contribution in [0.1, 0.15) is 45.1 Å². The summed E-state index contributed by atoms with van der Waals surface area (Å²) >= 11 is 0. The third-order valence-corrected chi connectivity index (χ3v) is 4.90. The Morgan fingerprint density at radius 3 is 2.52 bits per heavy atom. The SMILES string of the molecule is CCc1c(C(=O)O)c(C(=O)O)c2c3ccccc3c(C3CNCCO3)nn12. The average molecular weight is 369 g/mol. The van der Waals surface area contributed by atoms with Gasteiger partial charge < -0.3 is 20.3 Å². The first-order chi connectivity index (χ1) is 13.0. The molecule has 4 rings (SSSR count). The van der Waals surface area contributed by atoms with Gasteiger partial charge in [-0.2, -0.15) is 5.10 Å². The lowest BCUT2D eigenvalue weighted by molar-refractivity contribution is 0.0253. The molecule has 1 aliphatic rings. The smallest absolute Gasteiger partial charge is 0.338 e. The molecule has 0 amide bonds. The monoisotopic (exact) mass is 369 g/mol. The Kier molecular flexibility index (Phi) is 4.29. The van der Waals surface area contributed by atoms with Gasteiger partial charge >= 0.3 is 11.9 Å². The maximum atomic E-state index is 12.0. The van der Waals surface area contributed by atoms with Crippen LogP contribution in [-0.4, -0.2) is 51.5 Å². The molecule has 140 valence electrons. The van der Waals surface area contributed by atoms with Crippen molar-refractivity contribution in [2.75, 3.05) is 19.7 Å². The number of ether oxygens (including phenoxy) is 1. The zero-order valence-corrected chi connectivity index (χ0v) is 14.7. The number of nitrogens with one attached hydrogen (secondary N) is 1. The van der Waals surface area contributed by atoms with Crippen molar-refractivity contribution in [1.29, 1.82) is 0 Å². The molecule has 1 aliphatic heterocycles. The van der Waals surface area contributed by atoms with E-state index >= 15 is 0 Å². The first-order valence-electron chi connectivity index (χ1n) is 8.79. The summed E-state index contributed by atoms with van der Waals surface area (Å²) in [6, 6.07) is 7.31. The standard InChI is InChI=1S/C19H19N3O5/c1-2-12-14(18(23)24)15(19(25)26)17-11-6-4-3-5-10(11)16(21-22(12)17)13-9-20-7-8-27-13/h3-6,13,20H,2,7-9H2,1H3,(H,23,24)(H,25,26). The van der Waals surface area contributed by atoms with E-state index in [0.717, 1.165) is 11.9 Å². The molecule has 2 aromatic heterocycles. The van der Waals surface area contributed by atoms with Gasteiger partial charge in [-0.05, 0) is 6.42 Å². The van der Waals surface area contributed by atoms with Gasteiger partial charge in [-0.15, -0.1) is 0 Å². The third-order valence-electron chi connectivity index (χ3n) is 4.90. The molecule has 0 bridgehead atoms. The molecule has 8 nitrogen and oxygen atoms in total. The Hall–Kier alpha value is -2.97. The average Bonchev–Trinajstić information content (AvgIpc) is 3.03. The number of rotatable bonds is 4. The normalized spacial score (nSPS) is 17.4. The second-order valence-electron chi connectivity index (χ2n) is 6.42. The molecule has 1 atom stereocenters. The summed E-state index contributed by atoms with van der Waals surface area (Å²) in [6.45, 7) is 3.68. The summed E-state index contributed by atoms with van der Waals surface area (Å²) in [4.78, 5) is 23.8. The van der Waals surface area contributed by atoms with E-state index in [4.69, 9.17) is 4.74 Å². The topological polar surface area (TPSA) is 113 Å². The summed E-state index contributed by atoms with van der Waals surface area (Å²) in [5.41, 5.74) is 0.911. The molecular weight excluding hydrogens is 350 g/mol. The highest BCUT2D eigenvalue weighted by atomic mass is 16.5. The van der Waals surface area contributed by atoms with Gasteiger partial charge in [0.2, 0.25) is 0 Å². The van der Waals surface area contributed by atoms with E-state index < -0.39 is 11.9 Å². The maximum absolute atomic E-state index is 12.0. The largest absolute Gasteiger partial charge is 0.478 e. The van der Waals surface area contributed by atoms with Crippen molar-refractivity contribution in [3.05, 3.63) is 46.8 Å². The van der Waals surface area contributed by atoms with Crippen LogP contribution in [0.3, 0.4) is 0 Å². The molecule has 3 aromatic rings. The van der Waals surface area contributed by atoms with Crippen molar-refractivity contribution in [3.8, 4) is 0 Å². The number of fused-ring (bicyclic) bond motifs is 3. The van der Waals surface area contributed by atoms with Crippen molar-refractivity contribution in [3.63, 3.8) is 0 Å². The van der Waals surface area contributed by atoms with Crippen LogP contribution in [0.5, 0.6) is 0 Å². The molecule has 0 spiro atoms. The van der Waals surface area contributed by atoms with E-state index in [0.29, 0.717) is 41.9 Å². The molecule has 1 fully saturated rings. The summed E-state index contributed by atoms with van der Waals surface area (Å²) in [5, 5.41) is 28.8. The van der Waals surface area contributed by atoms with Crippen LogP contribution >= 0.6 is 0 Å². The lowest BCUT2D eigenvalue weighted by atomic mass is 10.0. The van der Waals surface area contributed by atoms with Crippen LogP contribution in [0.2, 0.25) is 0 Å². The van der Waals surface area contributed by atoms with Crippen molar-refractivity contribution in [2.24, 2.45) is 0 Å². The molecule has 0 aliphatic carbocycles. The van der Waals surface area contributed by atoms with Crippen molar-refractivity contribution >= 4 is 28.2 Å². The second-order valence-corrected chi connectivity index (χ2v) is 6.42. The third kappa shape index (κ3) is 2.65. The van der Waals surface area contributed by atoms with Crippen LogP contribution in [0.4, 0.5) is 0 Å². The van der Waals surface area contributed by atoms with Gasteiger partial charge in [0, 0.05) is 23.9 Å². The number of aryl methyl sites for hydroxylation is 1. The molecule has 1 saturated heterocycles. The van der Waals surface area contributed by atoms with Gasteiger partial charge in [-0.3, -0.25) is 0 Å². The van der Waals surface area contributed by atoms with Crippen molar-refractivity contribution in [1.82, 2.24) is 14.9 Å². The minimum atomic E-state index is -1.28. The Morgan fingerprint density at radius 1 is 1.22 bits per heavy atom. The molecule has 27 heavy (non-hydrogen) atoms. The molecular formula is C19H19N3O5. The van der Waals surface area contributed by atoms with E-state index in [-0.39, 0.29) is 17.2 Å².